The predicted octanol–water partition coefficient (Wildman–Crippen LogP) is 14.7. The average molecular weight is 804 g/mol. The zero-order valence-electron chi connectivity index (χ0n) is 38.2. The van der Waals surface area contributed by atoms with Crippen molar-refractivity contribution in [2.24, 2.45) is 0 Å². The zero-order chi connectivity index (χ0) is 41.7. The number of aliphatic hydroxyl groups is 2. The standard InChI is InChI=1S/C51H97NO5/c1-4-7-10-13-16-19-22-24-25-26-27-29-31-34-37-40-43-49(54)48(46-53)52-50(55)45-47(42-39-36-33-30-28-23-20-17-14-11-8-5-2)57-51(56)44-41-38-35-32-21-18-15-12-9-6-3/h8,11,17,20,47-49,53-54H,4-7,9-10,12-16,18-19,21-46H2,1-3H3,(H,52,55)/b11-8+,20-17+. The van der Waals surface area contributed by atoms with E-state index >= 15 is 0 Å². The summed E-state index contributed by atoms with van der Waals surface area (Å²) < 4.78 is 5.90. The van der Waals surface area contributed by atoms with E-state index in [4.69, 9.17) is 4.74 Å². The molecule has 0 radical (unpaired) electrons. The lowest BCUT2D eigenvalue weighted by Gasteiger charge is -2.24. The minimum Gasteiger partial charge on any atom is -0.462 e. The molecular formula is C51H97NO5. The van der Waals surface area contributed by atoms with Gasteiger partial charge in [-0.25, -0.2) is 0 Å². The van der Waals surface area contributed by atoms with Crippen molar-refractivity contribution >= 4 is 11.9 Å². The topological polar surface area (TPSA) is 95.9 Å². The maximum Gasteiger partial charge on any atom is 0.306 e. The van der Waals surface area contributed by atoms with Crippen LogP contribution >= 0.6 is 0 Å². The van der Waals surface area contributed by atoms with Gasteiger partial charge in [-0.3, -0.25) is 9.59 Å². The number of carbonyl (C=O) groups is 2. The third-order valence-electron chi connectivity index (χ3n) is 11.5. The number of hydrogen-bond donors (Lipinski definition) is 3. The Balaban J connectivity index is 4.48. The van der Waals surface area contributed by atoms with E-state index < -0.39 is 18.2 Å². The highest BCUT2D eigenvalue weighted by Gasteiger charge is 2.24. The van der Waals surface area contributed by atoms with Crippen molar-refractivity contribution in [1.29, 1.82) is 0 Å². The number of rotatable bonds is 45. The fourth-order valence-corrected chi connectivity index (χ4v) is 7.76. The van der Waals surface area contributed by atoms with Crippen LogP contribution in [0.2, 0.25) is 0 Å². The average Bonchev–Trinajstić information content (AvgIpc) is 3.20. The number of unbranched alkanes of at least 4 members (excludes halogenated alkanes) is 29. The first-order valence-corrected chi connectivity index (χ1v) is 25.1. The Hall–Kier alpha value is -1.66. The molecule has 0 bridgehead atoms. The van der Waals surface area contributed by atoms with Crippen molar-refractivity contribution in [2.45, 2.75) is 283 Å². The number of esters is 1. The van der Waals surface area contributed by atoms with Crippen LogP contribution < -0.4 is 5.32 Å². The summed E-state index contributed by atoms with van der Waals surface area (Å²) in [5, 5.41) is 23.7. The fourth-order valence-electron chi connectivity index (χ4n) is 7.76. The summed E-state index contributed by atoms with van der Waals surface area (Å²) in [6.45, 7) is 6.37. The van der Waals surface area contributed by atoms with Crippen LogP contribution in [0.5, 0.6) is 0 Å². The van der Waals surface area contributed by atoms with Crippen LogP contribution in [0.3, 0.4) is 0 Å². The van der Waals surface area contributed by atoms with E-state index in [1.54, 1.807) is 0 Å². The van der Waals surface area contributed by atoms with E-state index in [2.05, 4.69) is 50.4 Å². The quantitative estimate of drug-likeness (QED) is 0.0324. The molecule has 336 valence electrons. The molecule has 0 aromatic carbocycles. The molecule has 3 N–H and O–H groups in total. The van der Waals surface area contributed by atoms with Gasteiger partial charge in [-0.2, -0.15) is 0 Å². The number of nitrogens with one attached hydrogen (secondary N) is 1. The van der Waals surface area contributed by atoms with Gasteiger partial charge >= 0.3 is 5.97 Å². The Morgan fingerprint density at radius 3 is 1.42 bits per heavy atom. The van der Waals surface area contributed by atoms with Crippen molar-refractivity contribution in [3.8, 4) is 0 Å². The highest BCUT2D eigenvalue weighted by Crippen LogP contribution is 2.18. The number of carbonyl (C=O) groups excluding carboxylic acids is 2. The zero-order valence-corrected chi connectivity index (χ0v) is 38.2. The predicted molar refractivity (Wildman–Crippen MR) is 246 cm³/mol. The molecule has 57 heavy (non-hydrogen) atoms. The van der Waals surface area contributed by atoms with Gasteiger partial charge in [0, 0.05) is 6.42 Å². The summed E-state index contributed by atoms with van der Waals surface area (Å²) in [5.41, 5.74) is 0. The Kier molecular flexibility index (Phi) is 44.1. The molecule has 0 aliphatic rings. The van der Waals surface area contributed by atoms with Crippen LogP contribution in [0.1, 0.15) is 265 Å². The van der Waals surface area contributed by atoms with Crippen molar-refractivity contribution in [2.75, 3.05) is 6.61 Å². The van der Waals surface area contributed by atoms with E-state index in [1.807, 2.05) is 0 Å². The van der Waals surface area contributed by atoms with Gasteiger partial charge in [-0.1, -0.05) is 225 Å². The molecule has 3 atom stereocenters. The maximum absolute atomic E-state index is 13.2. The summed E-state index contributed by atoms with van der Waals surface area (Å²) in [7, 11) is 0. The summed E-state index contributed by atoms with van der Waals surface area (Å²) in [6, 6.07) is -0.700. The molecule has 0 aromatic rings. The Morgan fingerprint density at radius 2 is 0.947 bits per heavy atom. The molecule has 0 saturated carbocycles. The molecule has 6 nitrogen and oxygen atoms in total. The highest BCUT2D eigenvalue weighted by molar-refractivity contribution is 5.77. The summed E-state index contributed by atoms with van der Waals surface area (Å²) in [5.74, 6) is -0.479. The lowest BCUT2D eigenvalue weighted by molar-refractivity contribution is -0.151. The van der Waals surface area contributed by atoms with Crippen molar-refractivity contribution in [1.82, 2.24) is 5.32 Å². The SMILES string of the molecule is CC/C=C/C/C=C/CCCCCCCC(CC(=O)NC(CO)C(O)CCCCCCCCCCCCCCCCCC)OC(=O)CCCCCCCCCCCC. The molecule has 0 saturated heterocycles. The van der Waals surface area contributed by atoms with Crippen LogP contribution in [0.4, 0.5) is 0 Å². The van der Waals surface area contributed by atoms with Crippen LogP contribution in [-0.4, -0.2) is 46.9 Å². The lowest BCUT2D eigenvalue weighted by Crippen LogP contribution is -2.46. The van der Waals surface area contributed by atoms with E-state index in [9.17, 15) is 19.8 Å². The van der Waals surface area contributed by atoms with Crippen molar-refractivity contribution < 1.29 is 24.5 Å². The second kappa shape index (κ2) is 45.4. The number of aliphatic hydroxyl groups excluding tert-OH is 2. The largest absolute Gasteiger partial charge is 0.462 e. The minimum absolute atomic E-state index is 0.0727. The second-order valence-electron chi connectivity index (χ2n) is 17.2. The van der Waals surface area contributed by atoms with Crippen LogP contribution in [-0.2, 0) is 14.3 Å². The first-order valence-electron chi connectivity index (χ1n) is 25.1. The van der Waals surface area contributed by atoms with E-state index in [-0.39, 0.29) is 24.9 Å². The lowest BCUT2D eigenvalue weighted by atomic mass is 10.0. The van der Waals surface area contributed by atoms with Crippen LogP contribution in [0, 0.1) is 0 Å². The van der Waals surface area contributed by atoms with Gasteiger partial charge in [-0.15, -0.1) is 0 Å². The molecule has 0 rings (SSSR count). The monoisotopic (exact) mass is 804 g/mol. The molecule has 0 spiro atoms. The van der Waals surface area contributed by atoms with Gasteiger partial charge < -0.3 is 20.3 Å². The molecule has 1 amide bonds. The van der Waals surface area contributed by atoms with Crippen LogP contribution in [0.25, 0.3) is 0 Å². The Labute approximate surface area is 354 Å². The van der Waals surface area contributed by atoms with Gasteiger partial charge in [0.25, 0.3) is 0 Å². The molecule has 3 unspecified atom stereocenters. The molecular weight excluding hydrogens is 707 g/mol. The van der Waals surface area contributed by atoms with Crippen molar-refractivity contribution in [3.63, 3.8) is 0 Å². The van der Waals surface area contributed by atoms with Crippen LogP contribution in [0.15, 0.2) is 24.3 Å². The fraction of sp³-hybridized carbons (Fsp3) is 0.882. The molecule has 0 aromatic heterocycles. The first-order chi connectivity index (χ1) is 28.0. The summed E-state index contributed by atoms with van der Waals surface area (Å²) >= 11 is 0. The number of amides is 1. The third kappa shape index (κ3) is 40.9. The molecule has 0 aliphatic heterocycles. The van der Waals surface area contributed by atoms with Gasteiger partial charge in [0.15, 0.2) is 0 Å². The van der Waals surface area contributed by atoms with Gasteiger partial charge in [0.1, 0.15) is 6.10 Å². The Bertz CT molecular complexity index is 904. The van der Waals surface area contributed by atoms with E-state index in [0.29, 0.717) is 19.3 Å². The van der Waals surface area contributed by atoms with E-state index in [1.165, 1.54) is 148 Å². The minimum atomic E-state index is -0.786. The number of ether oxygens (including phenoxy) is 1. The molecule has 0 heterocycles. The maximum atomic E-state index is 13.2. The normalized spacial score (nSPS) is 13.4. The Morgan fingerprint density at radius 1 is 0.526 bits per heavy atom. The third-order valence-corrected chi connectivity index (χ3v) is 11.5. The molecule has 6 heteroatoms. The number of allylic oxidation sites excluding steroid dienone is 4. The second-order valence-corrected chi connectivity index (χ2v) is 17.2. The number of hydrogen-bond acceptors (Lipinski definition) is 5. The first kappa shape index (κ1) is 55.3. The highest BCUT2D eigenvalue weighted by atomic mass is 16.5. The summed E-state index contributed by atoms with van der Waals surface area (Å²) in [4.78, 5) is 26.0. The molecule has 0 fully saturated rings. The van der Waals surface area contributed by atoms with Gasteiger partial charge in [-0.05, 0) is 51.4 Å². The summed E-state index contributed by atoms with van der Waals surface area (Å²) in [6.07, 6.45) is 51.0. The van der Waals surface area contributed by atoms with Crippen molar-refractivity contribution in [3.05, 3.63) is 24.3 Å². The van der Waals surface area contributed by atoms with Gasteiger partial charge in [0.2, 0.25) is 5.91 Å². The smallest absolute Gasteiger partial charge is 0.306 e. The van der Waals surface area contributed by atoms with Gasteiger partial charge in [0.05, 0.1) is 25.2 Å². The molecule has 0 aliphatic carbocycles. The van der Waals surface area contributed by atoms with E-state index in [0.717, 1.165) is 70.6 Å².